The highest BCUT2D eigenvalue weighted by atomic mass is 35.5. The van der Waals surface area contributed by atoms with Gasteiger partial charge in [-0.15, -0.1) is 0 Å². The number of halogens is 7. The van der Waals surface area contributed by atoms with Crippen molar-refractivity contribution in [1.82, 2.24) is 9.55 Å². The van der Waals surface area contributed by atoms with Gasteiger partial charge in [0.2, 0.25) is 0 Å². The summed E-state index contributed by atoms with van der Waals surface area (Å²) in [5, 5.41) is 19.5. The fourth-order valence-electron chi connectivity index (χ4n) is 3.76. The van der Waals surface area contributed by atoms with Gasteiger partial charge in [-0.3, -0.25) is 9.36 Å². The van der Waals surface area contributed by atoms with Gasteiger partial charge in [0.25, 0.3) is 11.2 Å². The first-order valence-electron chi connectivity index (χ1n) is 10.2. The van der Waals surface area contributed by atoms with Crippen LogP contribution in [0.5, 0.6) is 5.75 Å². The summed E-state index contributed by atoms with van der Waals surface area (Å²) in [6.45, 7) is 0. The van der Waals surface area contributed by atoms with Crippen LogP contribution < -0.4 is 5.56 Å². The zero-order valence-corrected chi connectivity index (χ0v) is 18.7. The third-order valence-corrected chi connectivity index (χ3v) is 5.86. The van der Waals surface area contributed by atoms with Crippen molar-refractivity contribution < 1.29 is 36.6 Å². The number of aromatic hydroxyl groups is 1. The second kappa shape index (κ2) is 8.82. The van der Waals surface area contributed by atoms with E-state index in [1.807, 2.05) is 0 Å². The standard InChI is InChI=1S/C24H15ClF6N2O3/c25-17-12-18-16(11-19(17)34)21(35)33(20(32-18)9-13-5-2-1-3-6-13)15-8-4-7-14(10-15)22(36,23(26,27)28)24(29,30)31/h1-8,10-12,34,36H,9H2. The van der Waals surface area contributed by atoms with Gasteiger partial charge in [-0.2, -0.15) is 26.3 Å². The summed E-state index contributed by atoms with van der Waals surface area (Å²) in [4.78, 5) is 17.8. The largest absolute Gasteiger partial charge is 0.506 e. The summed E-state index contributed by atoms with van der Waals surface area (Å²) in [7, 11) is 0. The van der Waals surface area contributed by atoms with Crippen LogP contribution in [0, 0.1) is 0 Å². The van der Waals surface area contributed by atoms with E-state index in [2.05, 4.69) is 4.98 Å². The van der Waals surface area contributed by atoms with Crippen LogP contribution >= 0.6 is 11.6 Å². The average molecular weight is 529 g/mol. The maximum absolute atomic E-state index is 13.5. The highest BCUT2D eigenvalue weighted by molar-refractivity contribution is 6.32. The van der Waals surface area contributed by atoms with Crippen LogP contribution in [0.25, 0.3) is 16.6 Å². The molecule has 0 bridgehead atoms. The van der Waals surface area contributed by atoms with Gasteiger partial charge in [-0.05, 0) is 29.8 Å². The SMILES string of the molecule is O=c1c2cc(O)c(Cl)cc2nc(Cc2ccccc2)n1-c1cccc(C(O)(C(F)(F)F)C(F)(F)F)c1. The van der Waals surface area contributed by atoms with Gasteiger partial charge < -0.3 is 10.2 Å². The van der Waals surface area contributed by atoms with E-state index in [0.29, 0.717) is 17.7 Å². The van der Waals surface area contributed by atoms with E-state index in [4.69, 9.17) is 11.6 Å². The number of hydrogen-bond donors (Lipinski definition) is 2. The van der Waals surface area contributed by atoms with Crippen LogP contribution in [-0.4, -0.2) is 32.1 Å². The van der Waals surface area contributed by atoms with Gasteiger partial charge in [-0.25, -0.2) is 4.98 Å². The highest BCUT2D eigenvalue weighted by Crippen LogP contribution is 2.50. The van der Waals surface area contributed by atoms with Crippen LogP contribution in [0.15, 0.2) is 71.5 Å². The molecule has 0 aliphatic rings. The summed E-state index contributed by atoms with van der Waals surface area (Å²) in [5.41, 5.74) is -7.30. The van der Waals surface area contributed by atoms with Crippen LogP contribution in [0.1, 0.15) is 17.0 Å². The average Bonchev–Trinajstić information content (AvgIpc) is 2.79. The van der Waals surface area contributed by atoms with Crippen LogP contribution in [0.4, 0.5) is 26.3 Å². The van der Waals surface area contributed by atoms with Gasteiger partial charge in [0.15, 0.2) is 0 Å². The molecule has 3 aromatic carbocycles. The lowest BCUT2D eigenvalue weighted by Crippen LogP contribution is -2.54. The third kappa shape index (κ3) is 4.28. The Labute approximate surface area is 203 Å². The van der Waals surface area contributed by atoms with Crippen LogP contribution in [0.3, 0.4) is 0 Å². The van der Waals surface area contributed by atoms with E-state index in [1.54, 1.807) is 30.3 Å². The van der Waals surface area contributed by atoms with Crippen LogP contribution in [0.2, 0.25) is 5.02 Å². The Morgan fingerprint density at radius 1 is 0.889 bits per heavy atom. The molecule has 36 heavy (non-hydrogen) atoms. The maximum atomic E-state index is 13.5. The van der Waals surface area contributed by atoms with E-state index < -0.39 is 40.5 Å². The zero-order chi connectivity index (χ0) is 26.5. The number of hydrogen-bond acceptors (Lipinski definition) is 4. The second-order valence-electron chi connectivity index (χ2n) is 7.91. The molecule has 0 spiro atoms. The molecule has 0 radical (unpaired) electrons. The molecule has 0 unspecified atom stereocenters. The van der Waals surface area contributed by atoms with Crippen molar-refractivity contribution in [2.75, 3.05) is 0 Å². The van der Waals surface area contributed by atoms with Gasteiger partial charge in [0.1, 0.15) is 11.6 Å². The first-order valence-corrected chi connectivity index (χ1v) is 10.6. The molecule has 0 fully saturated rings. The van der Waals surface area contributed by atoms with Crippen molar-refractivity contribution in [3.63, 3.8) is 0 Å². The molecule has 4 rings (SSSR count). The summed E-state index contributed by atoms with van der Waals surface area (Å²) in [6, 6.07) is 13.6. The van der Waals surface area contributed by atoms with Gasteiger partial charge in [0.05, 0.1) is 21.6 Å². The molecule has 0 aliphatic heterocycles. The second-order valence-corrected chi connectivity index (χ2v) is 8.32. The minimum absolute atomic E-state index is 0.0276. The molecule has 1 aromatic heterocycles. The number of benzene rings is 3. The Bertz CT molecular complexity index is 1490. The van der Waals surface area contributed by atoms with Crippen molar-refractivity contribution in [3.8, 4) is 11.4 Å². The number of rotatable bonds is 4. The molecule has 5 nitrogen and oxygen atoms in total. The lowest BCUT2D eigenvalue weighted by Gasteiger charge is -2.33. The van der Waals surface area contributed by atoms with E-state index in [9.17, 15) is 41.4 Å². The quantitative estimate of drug-likeness (QED) is 0.336. The Morgan fingerprint density at radius 2 is 1.53 bits per heavy atom. The Balaban J connectivity index is 2.02. The van der Waals surface area contributed by atoms with Crippen molar-refractivity contribution in [3.05, 3.63) is 99.1 Å². The number of alkyl halides is 6. The number of aliphatic hydroxyl groups is 1. The van der Waals surface area contributed by atoms with E-state index >= 15 is 0 Å². The minimum Gasteiger partial charge on any atom is -0.506 e. The molecule has 0 aliphatic carbocycles. The Hall–Kier alpha value is -3.57. The molecular weight excluding hydrogens is 514 g/mol. The van der Waals surface area contributed by atoms with Crippen molar-refractivity contribution >= 4 is 22.5 Å². The number of aromatic nitrogens is 2. The fraction of sp³-hybridized carbons (Fsp3) is 0.167. The summed E-state index contributed by atoms with van der Waals surface area (Å²) < 4.78 is 81.6. The molecule has 0 saturated carbocycles. The molecule has 4 aromatic rings. The van der Waals surface area contributed by atoms with Crippen molar-refractivity contribution in [2.24, 2.45) is 0 Å². The monoisotopic (exact) mass is 528 g/mol. The maximum Gasteiger partial charge on any atom is 0.430 e. The number of phenolic OH excluding ortho intramolecular Hbond substituents is 1. The van der Waals surface area contributed by atoms with E-state index in [1.165, 1.54) is 6.07 Å². The molecule has 188 valence electrons. The van der Waals surface area contributed by atoms with Gasteiger partial charge in [0, 0.05) is 12.0 Å². The molecule has 12 heteroatoms. The lowest BCUT2D eigenvalue weighted by atomic mass is 9.92. The van der Waals surface area contributed by atoms with Crippen molar-refractivity contribution in [1.29, 1.82) is 0 Å². The summed E-state index contributed by atoms with van der Waals surface area (Å²) >= 11 is 5.93. The predicted octanol–water partition coefficient (Wildman–Crippen LogP) is 5.65. The first-order chi connectivity index (χ1) is 16.7. The molecule has 0 saturated heterocycles. The van der Waals surface area contributed by atoms with Gasteiger partial charge in [-0.1, -0.05) is 54.1 Å². The Morgan fingerprint density at radius 3 is 2.14 bits per heavy atom. The lowest BCUT2D eigenvalue weighted by molar-refractivity contribution is -0.376. The minimum atomic E-state index is -6.11. The van der Waals surface area contributed by atoms with E-state index in [0.717, 1.165) is 22.8 Å². The molecule has 1 heterocycles. The number of nitrogens with zero attached hydrogens (tertiary/aromatic N) is 2. The first kappa shape index (κ1) is 25.5. The summed E-state index contributed by atoms with van der Waals surface area (Å²) in [5.74, 6) is -0.497. The normalized spacial score (nSPS) is 12.8. The van der Waals surface area contributed by atoms with Gasteiger partial charge >= 0.3 is 12.4 Å². The number of fused-ring (bicyclic) bond motifs is 1. The smallest absolute Gasteiger partial charge is 0.430 e. The highest BCUT2D eigenvalue weighted by Gasteiger charge is 2.71. The zero-order valence-electron chi connectivity index (χ0n) is 17.9. The third-order valence-electron chi connectivity index (χ3n) is 5.55. The van der Waals surface area contributed by atoms with E-state index in [-0.39, 0.29) is 28.2 Å². The molecular formula is C24H15ClF6N2O3. The topological polar surface area (TPSA) is 75.3 Å². The summed E-state index contributed by atoms with van der Waals surface area (Å²) in [6.07, 6.45) is -12.2. The molecule has 2 N–H and O–H groups in total. The molecule has 0 atom stereocenters. The molecule has 0 amide bonds. The Kier molecular flexibility index (Phi) is 6.26. The predicted molar refractivity (Wildman–Crippen MR) is 119 cm³/mol. The van der Waals surface area contributed by atoms with Crippen LogP contribution in [-0.2, 0) is 12.0 Å². The fourth-order valence-corrected chi connectivity index (χ4v) is 3.92. The van der Waals surface area contributed by atoms with Crippen molar-refractivity contribution in [2.45, 2.75) is 24.4 Å². The number of phenols is 1.